The topological polar surface area (TPSA) is 41.1 Å². The molecule has 3 rings (SSSR count). The summed E-state index contributed by atoms with van der Waals surface area (Å²) in [5.41, 5.74) is 3.62. The van der Waals surface area contributed by atoms with Crippen molar-refractivity contribution in [3.63, 3.8) is 0 Å². The SMILES string of the molecule is CCC(NCc1ccccc1F)C(=O)c1ccc2c(c1)CCN2. The van der Waals surface area contributed by atoms with Gasteiger partial charge in [0.1, 0.15) is 5.82 Å². The summed E-state index contributed by atoms with van der Waals surface area (Å²) < 4.78 is 13.7. The number of hydrogen-bond acceptors (Lipinski definition) is 3. The van der Waals surface area contributed by atoms with Crippen molar-refractivity contribution in [2.45, 2.75) is 32.4 Å². The van der Waals surface area contributed by atoms with Crippen LogP contribution >= 0.6 is 0 Å². The van der Waals surface area contributed by atoms with Gasteiger partial charge in [-0.15, -0.1) is 0 Å². The van der Waals surface area contributed by atoms with Crippen molar-refractivity contribution in [2.24, 2.45) is 0 Å². The zero-order valence-corrected chi connectivity index (χ0v) is 13.2. The van der Waals surface area contributed by atoms with Gasteiger partial charge in [-0.3, -0.25) is 4.79 Å². The summed E-state index contributed by atoms with van der Waals surface area (Å²) in [7, 11) is 0. The lowest BCUT2D eigenvalue weighted by Crippen LogP contribution is -2.36. The molecule has 0 saturated heterocycles. The minimum absolute atomic E-state index is 0.0681. The Morgan fingerprint density at radius 2 is 2.13 bits per heavy atom. The standard InChI is InChI=1S/C19H21FN2O/c1-2-17(22-12-15-5-3-4-6-16(15)20)19(23)14-7-8-18-13(11-14)9-10-21-18/h3-8,11,17,21-22H,2,9-10,12H2,1H3. The molecular formula is C19H21FN2O. The normalized spacial score (nSPS) is 14.2. The van der Waals surface area contributed by atoms with E-state index in [0.717, 1.165) is 24.2 Å². The molecule has 1 heterocycles. The molecule has 120 valence electrons. The first-order chi connectivity index (χ1) is 11.2. The minimum Gasteiger partial charge on any atom is -0.384 e. The third-order valence-electron chi connectivity index (χ3n) is 4.32. The van der Waals surface area contributed by atoms with Gasteiger partial charge in [-0.1, -0.05) is 25.1 Å². The Labute approximate surface area is 135 Å². The number of nitrogens with one attached hydrogen (secondary N) is 2. The summed E-state index contributed by atoms with van der Waals surface area (Å²) in [5, 5.41) is 6.48. The first kappa shape index (κ1) is 15.7. The van der Waals surface area contributed by atoms with Crippen molar-refractivity contribution in [1.29, 1.82) is 0 Å². The Balaban J connectivity index is 1.70. The van der Waals surface area contributed by atoms with E-state index in [1.54, 1.807) is 18.2 Å². The molecule has 0 fully saturated rings. The second kappa shape index (κ2) is 6.92. The molecule has 2 aromatic carbocycles. The van der Waals surface area contributed by atoms with E-state index >= 15 is 0 Å². The van der Waals surface area contributed by atoms with Crippen LogP contribution in [0.15, 0.2) is 42.5 Å². The maximum Gasteiger partial charge on any atom is 0.179 e. The lowest BCUT2D eigenvalue weighted by Gasteiger charge is -2.17. The van der Waals surface area contributed by atoms with E-state index in [1.807, 2.05) is 25.1 Å². The van der Waals surface area contributed by atoms with E-state index < -0.39 is 0 Å². The quantitative estimate of drug-likeness (QED) is 0.802. The van der Waals surface area contributed by atoms with E-state index in [1.165, 1.54) is 11.6 Å². The molecule has 0 amide bonds. The predicted molar refractivity (Wildman–Crippen MR) is 90.3 cm³/mol. The van der Waals surface area contributed by atoms with Gasteiger partial charge in [-0.05, 0) is 42.7 Å². The number of Topliss-reactive ketones (excluding diaryl/α,β-unsaturated/α-hetero) is 1. The monoisotopic (exact) mass is 312 g/mol. The summed E-state index contributed by atoms with van der Waals surface area (Å²) in [6.45, 7) is 3.24. The average molecular weight is 312 g/mol. The number of carbonyl (C=O) groups is 1. The molecule has 0 spiro atoms. The van der Waals surface area contributed by atoms with E-state index in [-0.39, 0.29) is 17.6 Å². The van der Waals surface area contributed by atoms with Gasteiger partial charge < -0.3 is 10.6 Å². The Bertz CT molecular complexity index is 714. The highest BCUT2D eigenvalue weighted by Crippen LogP contribution is 2.24. The number of ketones is 1. The molecule has 1 aliphatic heterocycles. The molecule has 1 unspecified atom stereocenters. The van der Waals surface area contributed by atoms with Gasteiger partial charge in [-0.2, -0.15) is 0 Å². The van der Waals surface area contributed by atoms with Crippen LogP contribution in [0, 0.1) is 5.82 Å². The number of carbonyl (C=O) groups excluding carboxylic acids is 1. The molecule has 0 saturated carbocycles. The average Bonchev–Trinajstić information content (AvgIpc) is 3.04. The van der Waals surface area contributed by atoms with Crippen LogP contribution in [0.3, 0.4) is 0 Å². The van der Waals surface area contributed by atoms with Crippen molar-refractivity contribution in [3.05, 3.63) is 65.0 Å². The highest BCUT2D eigenvalue weighted by atomic mass is 19.1. The number of fused-ring (bicyclic) bond motifs is 1. The smallest absolute Gasteiger partial charge is 0.179 e. The molecule has 0 aromatic heterocycles. The van der Waals surface area contributed by atoms with Crippen LogP contribution in [0.25, 0.3) is 0 Å². The van der Waals surface area contributed by atoms with Gasteiger partial charge in [-0.25, -0.2) is 4.39 Å². The van der Waals surface area contributed by atoms with Crippen LogP contribution in [-0.2, 0) is 13.0 Å². The number of benzene rings is 2. The van der Waals surface area contributed by atoms with Crippen LogP contribution < -0.4 is 10.6 Å². The van der Waals surface area contributed by atoms with Crippen molar-refractivity contribution >= 4 is 11.5 Å². The summed E-state index contributed by atoms with van der Waals surface area (Å²) in [6, 6.07) is 12.2. The molecule has 0 radical (unpaired) electrons. The molecule has 1 atom stereocenters. The van der Waals surface area contributed by atoms with Gasteiger partial charge in [0.05, 0.1) is 6.04 Å². The summed E-state index contributed by atoms with van der Waals surface area (Å²) >= 11 is 0. The maximum absolute atomic E-state index is 13.7. The number of halogens is 1. The van der Waals surface area contributed by atoms with Gasteiger partial charge in [0, 0.05) is 29.9 Å². The molecule has 23 heavy (non-hydrogen) atoms. The fourth-order valence-electron chi connectivity index (χ4n) is 2.96. The molecule has 0 bridgehead atoms. The summed E-state index contributed by atoms with van der Waals surface area (Å²) in [4.78, 5) is 12.7. The second-order valence-corrected chi connectivity index (χ2v) is 5.85. The lowest BCUT2D eigenvalue weighted by atomic mass is 9.99. The first-order valence-corrected chi connectivity index (χ1v) is 8.07. The Morgan fingerprint density at radius 3 is 2.91 bits per heavy atom. The van der Waals surface area contributed by atoms with E-state index in [9.17, 15) is 9.18 Å². The molecule has 2 aromatic rings. The molecule has 3 nitrogen and oxygen atoms in total. The fraction of sp³-hybridized carbons (Fsp3) is 0.316. The van der Waals surface area contributed by atoms with Crippen LogP contribution in [0.5, 0.6) is 0 Å². The number of hydrogen-bond donors (Lipinski definition) is 2. The summed E-state index contributed by atoms with van der Waals surface area (Å²) in [6.07, 6.45) is 1.62. The van der Waals surface area contributed by atoms with Crippen LogP contribution in [0.2, 0.25) is 0 Å². The zero-order valence-electron chi connectivity index (χ0n) is 13.2. The number of rotatable bonds is 6. The minimum atomic E-state index is -0.304. The lowest BCUT2D eigenvalue weighted by molar-refractivity contribution is 0.0939. The molecular weight excluding hydrogens is 291 g/mol. The number of anilines is 1. The van der Waals surface area contributed by atoms with Crippen molar-refractivity contribution in [1.82, 2.24) is 5.32 Å². The van der Waals surface area contributed by atoms with Crippen LogP contribution in [0.1, 0.15) is 34.8 Å². The van der Waals surface area contributed by atoms with Gasteiger partial charge >= 0.3 is 0 Å². The Hall–Kier alpha value is -2.20. The summed E-state index contributed by atoms with van der Waals surface area (Å²) in [5.74, 6) is -0.176. The van der Waals surface area contributed by atoms with Crippen molar-refractivity contribution < 1.29 is 9.18 Å². The molecule has 4 heteroatoms. The van der Waals surface area contributed by atoms with Crippen molar-refractivity contribution in [2.75, 3.05) is 11.9 Å². The van der Waals surface area contributed by atoms with Gasteiger partial charge in [0.2, 0.25) is 0 Å². The molecule has 1 aliphatic rings. The third kappa shape index (κ3) is 3.42. The van der Waals surface area contributed by atoms with Crippen LogP contribution in [-0.4, -0.2) is 18.4 Å². The zero-order chi connectivity index (χ0) is 16.2. The van der Waals surface area contributed by atoms with E-state index in [2.05, 4.69) is 10.6 Å². The fourth-order valence-corrected chi connectivity index (χ4v) is 2.96. The highest BCUT2D eigenvalue weighted by Gasteiger charge is 2.20. The second-order valence-electron chi connectivity index (χ2n) is 5.85. The van der Waals surface area contributed by atoms with E-state index in [4.69, 9.17) is 0 Å². The largest absolute Gasteiger partial charge is 0.384 e. The predicted octanol–water partition coefficient (Wildman–Crippen LogP) is 3.54. The van der Waals surface area contributed by atoms with Crippen molar-refractivity contribution in [3.8, 4) is 0 Å². The Morgan fingerprint density at radius 1 is 1.30 bits per heavy atom. The van der Waals surface area contributed by atoms with Gasteiger partial charge in [0.25, 0.3) is 0 Å². The maximum atomic E-state index is 13.7. The highest BCUT2D eigenvalue weighted by molar-refractivity contribution is 6.00. The molecule has 2 N–H and O–H groups in total. The Kier molecular flexibility index (Phi) is 4.72. The molecule has 0 aliphatic carbocycles. The first-order valence-electron chi connectivity index (χ1n) is 8.07. The van der Waals surface area contributed by atoms with Crippen LogP contribution in [0.4, 0.5) is 10.1 Å². The van der Waals surface area contributed by atoms with E-state index in [0.29, 0.717) is 18.5 Å². The third-order valence-corrected chi connectivity index (χ3v) is 4.32. The van der Waals surface area contributed by atoms with Gasteiger partial charge in [0.15, 0.2) is 5.78 Å².